The number of hydrogen-bond donors (Lipinski definition) is 0. The third-order valence-corrected chi connectivity index (χ3v) is 7.05. The Morgan fingerprint density at radius 1 is 1.20 bits per heavy atom. The van der Waals surface area contributed by atoms with E-state index in [1.165, 1.54) is 9.44 Å². The lowest BCUT2D eigenvalue weighted by Crippen LogP contribution is -2.40. The molecule has 3 heterocycles. The van der Waals surface area contributed by atoms with Gasteiger partial charge in [0.1, 0.15) is 4.83 Å². The molecule has 0 N–H and O–H groups in total. The van der Waals surface area contributed by atoms with Gasteiger partial charge in [0.15, 0.2) is 0 Å². The van der Waals surface area contributed by atoms with Crippen LogP contribution in [0.2, 0.25) is 5.02 Å². The summed E-state index contributed by atoms with van der Waals surface area (Å²) in [6.07, 6.45) is 1.95. The van der Waals surface area contributed by atoms with Crippen molar-refractivity contribution in [3.8, 4) is 5.69 Å². The quantitative estimate of drug-likeness (QED) is 0.583. The van der Waals surface area contributed by atoms with Gasteiger partial charge in [-0.05, 0) is 57.2 Å². The highest BCUT2D eigenvalue weighted by molar-refractivity contribution is 7.18. The average molecular weight is 447 g/mol. The average Bonchev–Trinajstić information content (AvgIpc) is 3.06. The van der Waals surface area contributed by atoms with Crippen LogP contribution in [0.3, 0.4) is 0 Å². The first-order valence-corrected chi connectivity index (χ1v) is 11.5. The molecule has 0 saturated carbocycles. The van der Waals surface area contributed by atoms with E-state index in [-0.39, 0.29) is 11.2 Å². The van der Waals surface area contributed by atoms with E-state index in [0.29, 0.717) is 29.2 Å². The Bertz CT molecular complexity index is 1190. The summed E-state index contributed by atoms with van der Waals surface area (Å²) in [6.45, 7) is 6.27. The van der Waals surface area contributed by atoms with Crippen LogP contribution in [0.1, 0.15) is 23.8 Å². The first-order chi connectivity index (χ1) is 14.4. The number of hydrogen-bond acceptors (Lipinski definition) is 5. The molecule has 160 valence electrons. The van der Waals surface area contributed by atoms with Gasteiger partial charge in [-0.25, -0.2) is 9.36 Å². The number of benzene rings is 1. The van der Waals surface area contributed by atoms with E-state index in [2.05, 4.69) is 11.8 Å². The van der Waals surface area contributed by atoms with Crippen molar-refractivity contribution in [1.29, 1.82) is 0 Å². The zero-order chi connectivity index (χ0) is 21.4. The van der Waals surface area contributed by atoms with Crippen LogP contribution in [-0.2, 0) is 19.5 Å². The van der Waals surface area contributed by atoms with Crippen molar-refractivity contribution in [3.63, 3.8) is 0 Å². The highest BCUT2D eigenvalue weighted by atomic mass is 35.5. The normalized spacial score (nSPS) is 14.6. The third kappa shape index (κ3) is 3.87. The van der Waals surface area contributed by atoms with Crippen LogP contribution in [0.5, 0.6) is 0 Å². The Balaban J connectivity index is 1.97. The minimum Gasteiger partial charge on any atom is -0.308 e. The predicted octanol–water partition coefficient (Wildman–Crippen LogP) is 3.20. The molecular weight excluding hydrogens is 420 g/mol. The number of likely N-dealkylation sites (N-methyl/N-ethyl adjacent to an activating group) is 1. The molecule has 0 amide bonds. The molecule has 1 aliphatic heterocycles. The summed E-state index contributed by atoms with van der Waals surface area (Å²) in [4.78, 5) is 33.5. The maximum Gasteiger partial charge on any atom is 0.336 e. The van der Waals surface area contributed by atoms with Crippen molar-refractivity contribution >= 4 is 33.2 Å². The molecule has 1 aliphatic rings. The van der Waals surface area contributed by atoms with Gasteiger partial charge in [0.2, 0.25) is 0 Å². The van der Waals surface area contributed by atoms with E-state index < -0.39 is 0 Å². The smallest absolute Gasteiger partial charge is 0.308 e. The molecular formula is C22H27ClN4O2S. The van der Waals surface area contributed by atoms with Crippen molar-refractivity contribution < 1.29 is 0 Å². The first kappa shape index (κ1) is 21.3. The lowest BCUT2D eigenvalue weighted by Gasteiger charge is -2.26. The maximum atomic E-state index is 13.6. The minimum absolute atomic E-state index is 0.236. The summed E-state index contributed by atoms with van der Waals surface area (Å²) in [5, 5.41) is 1.20. The van der Waals surface area contributed by atoms with E-state index in [0.717, 1.165) is 42.9 Å². The molecule has 0 spiro atoms. The molecule has 0 aliphatic carbocycles. The van der Waals surface area contributed by atoms with Crippen molar-refractivity contribution in [2.45, 2.75) is 32.9 Å². The molecule has 0 fully saturated rings. The number of rotatable bonds is 6. The molecule has 0 unspecified atom stereocenters. The van der Waals surface area contributed by atoms with Gasteiger partial charge in [-0.3, -0.25) is 14.3 Å². The molecule has 30 heavy (non-hydrogen) atoms. The second-order valence-electron chi connectivity index (χ2n) is 8.07. The van der Waals surface area contributed by atoms with E-state index in [1.807, 2.05) is 19.0 Å². The second-order valence-corrected chi connectivity index (χ2v) is 9.59. The van der Waals surface area contributed by atoms with Gasteiger partial charge in [0, 0.05) is 36.1 Å². The lowest BCUT2D eigenvalue weighted by atomic mass is 10.1. The van der Waals surface area contributed by atoms with Crippen LogP contribution in [-0.4, -0.2) is 52.7 Å². The van der Waals surface area contributed by atoms with Crippen molar-refractivity contribution in [2.75, 3.05) is 33.7 Å². The van der Waals surface area contributed by atoms with Crippen LogP contribution < -0.4 is 11.2 Å². The fourth-order valence-corrected chi connectivity index (χ4v) is 5.69. The summed E-state index contributed by atoms with van der Waals surface area (Å²) >= 11 is 7.77. The largest absolute Gasteiger partial charge is 0.336 e. The van der Waals surface area contributed by atoms with E-state index in [1.54, 1.807) is 40.2 Å². The maximum absolute atomic E-state index is 13.6. The van der Waals surface area contributed by atoms with Gasteiger partial charge in [-0.15, -0.1) is 11.3 Å². The Labute approximate surface area is 184 Å². The molecule has 0 bridgehead atoms. The number of thiophene rings is 1. The second kappa shape index (κ2) is 8.67. The zero-order valence-electron chi connectivity index (χ0n) is 17.7. The van der Waals surface area contributed by atoms with Crippen LogP contribution in [0, 0.1) is 0 Å². The zero-order valence-corrected chi connectivity index (χ0v) is 19.2. The minimum atomic E-state index is -0.305. The Morgan fingerprint density at radius 3 is 2.70 bits per heavy atom. The summed E-state index contributed by atoms with van der Waals surface area (Å²) in [5.41, 5.74) is 1.09. The number of halogens is 1. The number of nitrogens with zero attached hydrogens (tertiary/aromatic N) is 4. The van der Waals surface area contributed by atoms with Gasteiger partial charge < -0.3 is 4.90 Å². The first-order valence-electron chi connectivity index (χ1n) is 10.3. The van der Waals surface area contributed by atoms with Gasteiger partial charge in [0.05, 0.1) is 11.1 Å². The molecule has 0 radical (unpaired) electrons. The van der Waals surface area contributed by atoms with Crippen LogP contribution in [0.15, 0.2) is 33.9 Å². The Hall–Kier alpha value is -1.93. The van der Waals surface area contributed by atoms with Gasteiger partial charge >= 0.3 is 5.69 Å². The molecule has 4 rings (SSSR count). The fourth-order valence-electron chi connectivity index (χ4n) is 4.11. The van der Waals surface area contributed by atoms with Gasteiger partial charge in [-0.1, -0.05) is 24.6 Å². The fraction of sp³-hybridized carbons (Fsp3) is 0.455. The summed E-state index contributed by atoms with van der Waals surface area (Å²) in [6, 6.07) is 6.95. The summed E-state index contributed by atoms with van der Waals surface area (Å²) in [5.74, 6) is 0. The molecule has 6 nitrogen and oxygen atoms in total. The van der Waals surface area contributed by atoms with Crippen LogP contribution in [0.4, 0.5) is 0 Å². The molecule has 8 heteroatoms. The van der Waals surface area contributed by atoms with Crippen molar-refractivity contribution in [3.05, 3.63) is 60.6 Å². The van der Waals surface area contributed by atoms with Crippen molar-refractivity contribution in [1.82, 2.24) is 18.9 Å². The monoisotopic (exact) mass is 446 g/mol. The van der Waals surface area contributed by atoms with E-state index >= 15 is 0 Å². The van der Waals surface area contributed by atoms with E-state index in [9.17, 15) is 9.59 Å². The molecule has 2 aromatic heterocycles. The van der Waals surface area contributed by atoms with Crippen LogP contribution in [0.25, 0.3) is 15.9 Å². The number of fused-ring (bicyclic) bond motifs is 3. The predicted molar refractivity (Wildman–Crippen MR) is 125 cm³/mol. The Morgan fingerprint density at radius 2 is 2.00 bits per heavy atom. The van der Waals surface area contributed by atoms with Gasteiger partial charge in [0.25, 0.3) is 5.56 Å². The third-order valence-electron chi connectivity index (χ3n) is 5.58. The number of aromatic nitrogens is 2. The molecule has 1 aromatic carbocycles. The summed E-state index contributed by atoms with van der Waals surface area (Å²) < 4.78 is 3.06. The summed E-state index contributed by atoms with van der Waals surface area (Å²) in [7, 11) is 3.97. The van der Waals surface area contributed by atoms with Crippen LogP contribution >= 0.6 is 22.9 Å². The highest BCUT2D eigenvalue weighted by Crippen LogP contribution is 2.33. The molecule has 0 saturated heterocycles. The SMILES string of the molecule is CCCN1CCc2c(sc3c2c(=O)n(-c2cccc(Cl)c2)c(=O)n3CCN(C)C)C1. The van der Waals surface area contributed by atoms with E-state index in [4.69, 9.17) is 11.6 Å². The van der Waals surface area contributed by atoms with Crippen molar-refractivity contribution in [2.24, 2.45) is 0 Å². The Kier molecular flexibility index (Phi) is 6.16. The molecule has 0 atom stereocenters. The molecule has 3 aromatic rings. The van der Waals surface area contributed by atoms with Gasteiger partial charge in [-0.2, -0.15) is 0 Å². The highest BCUT2D eigenvalue weighted by Gasteiger charge is 2.26. The standard InChI is InChI=1S/C22H27ClN4O2S/c1-4-9-25-10-8-17-18(14-25)30-21-19(17)20(28)27(16-7-5-6-15(23)13-16)22(29)26(21)12-11-24(2)3/h5-7,13H,4,8-12,14H2,1-3H3. The topological polar surface area (TPSA) is 50.5 Å². The lowest BCUT2D eigenvalue weighted by molar-refractivity contribution is 0.258.